The lowest BCUT2D eigenvalue weighted by molar-refractivity contribution is -0.159. The number of amides is 1. The van der Waals surface area contributed by atoms with Crippen molar-refractivity contribution in [2.75, 3.05) is 19.7 Å². The van der Waals surface area contributed by atoms with Gasteiger partial charge in [-0.1, -0.05) is 12.1 Å². The first-order valence-corrected chi connectivity index (χ1v) is 7.33. The third-order valence-corrected chi connectivity index (χ3v) is 3.32. The van der Waals surface area contributed by atoms with Crippen LogP contribution in [0.3, 0.4) is 0 Å². The van der Waals surface area contributed by atoms with Crippen LogP contribution >= 0.6 is 0 Å². The normalized spacial score (nSPS) is 18.3. The predicted molar refractivity (Wildman–Crippen MR) is 79.9 cm³/mol. The lowest BCUT2D eigenvalue weighted by atomic mass is 10.1. The lowest BCUT2D eigenvalue weighted by Gasteiger charge is -2.31. The quantitative estimate of drug-likeness (QED) is 0.888. The molecule has 1 fully saturated rings. The van der Waals surface area contributed by atoms with Crippen molar-refractivity contribution in [3.05, 3.63) is 29.8 Å². The third kappa shape index (κ3) is 4.46. The standard InChI is InChI=1S/C16H21NO5/c1-11(2)22-13-5-3-4-12(8-13)9-15(18)17-6-7-21-14(10-17)16(19)20/h3-5,8,11,14H,6-7,9-10H2,1-2H3,(H,19,20)/t14-/m0/s1. The summed E-state index contributed by atoms with van der Waals surface area (Å²) in [6.45, 7) is 4.65. The Kier molecular flexibility index (Phi) is 5.38. The summed E-state index contributed by atoms with van der Waals surface area (Å²) in [5.41, 5.74) is 0.849. The van der Waals surface area contributed by atoms with Gasteiger partial charge in [0.2, 0.25) is 5.91 Å². The predicted octanol–water partition coefficient (Wildman–Crippen LogP) is 1.33. The average molecular weight is 307 g/mol. The lowest BCUT2D eigenvalue weighted by Crippen LogP contribution is -2.49. The zero-order valence-corrected chi connectivity index (χ0v) is 12.8. The molecule has 22 heavy (non-hydrogen) atoms. The molecule has 6 nitrogen and oxygen atoms in total. The maximum absolute atomic E-state index is 12.3. The van der Waals surface area contributed by atoms with E-state index in [1.54, 1.807) is 0 Å². The number of carbonyl (C=O) groups is 2. The summed E-state index contributed by atoms with van der Waals surface area (Å²) in [5.74, 6) is -0.410. The monoisotopic (exact) mass is 307 g/mol. The molecule has 1 amide bonds. The minimum atomic E-state index is -1.04. The fourth-order valence-corrected chi connectivity index (χ4v) is 2.31. The van der Waals surface area contributed by atoms with Gasteiger partial charge in [-0.25, -0.2) is 4.79 Å². The van der Waals surface area contributed by atoms with Gasteiger partial charge in [-0.2, -0.15) is 0 Å². The Balaban J connectivity index is 1.98. The van der Waals surface area contributed by atoms with Crippen LogP contribution in [0.25, 0.3) is 0 Å². The molecule has 1 saturated heterocycles. The molecule has 2 rings (SSSR count). The van der Waals surface area contributed by atoms with Crippen LogP contribution in [-0.4, -0.2) is 53.8 Å². The summed E-state index contributed by atoms with van der Waals surface area (Å²) in [4.78, 5) is 24.8. The van der Waals surface area contributed by atoms with Crippen molar-refractivity contribution in [2.45, 2.75) is 32.5 Å². The fourth-order valence-electron chi connectivity index (χ4n) is 2.31. The van der Waals surface area contributed by atoms with Gasteiger partial charge in [0.1, 0.15) is 5.75 Å². The zero-order valence-electron chi connectivity index (χ0n) is 12.8. The third-order valence-electron chi connectivity index (χ3n) is 3.32. The molecule has 0 aliphatic carbocycles. The summed E-state index contributed by atoms with van der Waals surface area (Å²) < 4.78 is 10.7. The fraction of sp³-hybridized carbons (Fsp3) is 0.500. The van der Waals surface area contributed by atoms with Crippen molar-refractivity contribution >= 4 is 11.9 Å². The smallest absolute Gasteiger partial charge is 0.334 e. The number of morpholine rings is 1. The molecule has 1 heterocycles. The molecule has 6 heteroatoms. The number of rotatable bonds is 5. The van der Waals surface area contributed by atoms with Gasteiger partial charge in [0.05, 0.1) is 25.7 Å². The topological polar surface area (TPSA) is 76.1 Å². The highest BCUT2D eigenvalue weighted by Gasteiger charge is 2.28. The minimum Gasteiger partial charge on any atom is -0.491 e. The number of aliphatic carboxylic acids is 1. The number of carboxylic acid groups (broad SMARTS) is 1. The second-order valence-electron chi connectivity index (χ2n) is 5.53. The molecule has 1 N–H and O–H groups in total. The van der Waals surface area contributed by atoms with Crippen LogP contribution in [0.1, 0.15) is 19.4 Å². The molecule has 0 spiro atoms. The Hall–Kier alpha value is -2.08. The van der Waals surface area contributed by atoms with E-state index < -0.39 is 12.1 Å². The second-order valence-corrected chi connectivity index (χ2v) is 5.53. The van der Waals surface area contributed by atoms with E-state index in [4.69, 9.17) is 14.6 Å². The van der Waals surface area contributed by atoms with E-state index in [-0.39, 0.29) is 31.6 Å². The molecule has 0 aromatic heterocycles. The number of benzene rings is 1. The van der Waals surface area contributed by atoms with E-state index in [0.29, 0.717) is 6.54 Å². The summed E-state index contributed by atoms with van der Waals surface area (Å²) in [6, 6.07) is 7.40. The highest BCUT2D eigenvalue weighted by molar-refractivity contribution is 5.80. The van der Waals surface area contributed by atoms with E-state index in [1.807, 2.05) is 38.1 Å². The van der Waals surface area contributed by atoms with Crippen LogP contribution in [0.5, 0.6) is 5.75 Å². The van der Waals surface area contributed by atoms with Crippen molar-refractivity contribution in [1.29, 1.82) is 0 Å². The maximum atomic E-state index is 12.3. The Labute approximate surface area is 129 Å². The average Bonchev–Trinajstić information content (AvgIpc) is 2.47. The molecule has 120 valence electrons. The Bertz CT molecular complexity index is 543. The van der Waals surface area contributed by atoms with Gasteiger partial charge >= 0.3 is 5.97 Å². The van der Waals surface area contributed by atoms with Crippen molar-refractivity contribution < 1.29 is 24.2 Å². The van der Waals surface area contributed by atoms with Crippen molar-refractivity contribution in [1.82, 2.24) is 4.90 Å². The van der Waals surface area contributed by atoms with E-state index in [9.17, 15) is 9.59 Å². The van der Waals surface area contributed by atoms with Crippen LogP contribution in [0.4, 0.5) is 0 Å². The first-order chi connectivity index (χ1) is 10.5. The van der Waals surface area contributed by atoms with Crippen LogP contribution < -0.4 is 4.74 Å². The molecule has 1 aromatic rings. The van der Waals surface area contributed by atoms with Crippen molar-refractivity contribution in [2.24, 2.45) is 0 Å². The summed E-state index contributed by atoms with van der Waals surface area (Å²) >= 11 is 0. The van der Waals surface area contributed by atoms with E-state index in [2.05, 4.69) is 0 Å². The molecule has 0 unspecified atom stereocenters. The molecular weight excluding hydrogens is 286 g/mol. The van der Waals surface area contributed by atoms with Gasteiger partial charge in [0, 0.05) is 6.54 Å². The van der Waals surface area contributed by atoms with E-state index in [0.717, 1.165) is 11.3 Å². The summed E-state index contributed by atoms with van der Waals surface area (Å²) in [6.07, 6.45) is -0.642. The molecule has 1 aliphatic rings. The van der Waals surface area contributed by atoms with Crippen LogP contribution in [0, 0.1) is 0 Å². The Morgan fingerprint density at radius 3 is 2.91 bits per heavy atom. The first kappa shape index (κ1) is 16.3. The first-order valence-electron chi connectivity index (χ1n) is 7.33. The van der Waals surface area contributed by atoms with E-state index in [1.165, 1.54) is 4.90 Å². The summed E-state index contributed by atoms with van der Waals surface area (Å²) in [7, 11) is 0. The zero-order chi connectivity index (χ0) is 16.1. The molecule has 1 atom stereocenters. The number of carboxylic acids is 1. The summed E-state index contributed by atoms with van der Waals surface area (Å²) in [5, 5.41) is 8.97. The van der Waals surface area contributed by atoms with Crippen LogP contribution in [0.15, 0.2) is 24.3 Å². The number of nitrogens with zero attached hydrogens (tertiary/aromatic N) is 1. The highest BCUT2D eigenvalue weighted by atomic mass is 16.5. The van der Waals surface area contributed by atoms with Crippen LogP contribution in [-0.2, 0) is 20.7 Å². The molecule has 0 saturated carbocycles. The Morgan fingerprint density at radius 1 is 1.45 bits per heavy atom. The number of hydrogen-bond acceptors (Lipinski definition) is 4. The molecule has 1 aliphatic heterocycles. The number of ether oxygens (including phenoxy) is 2. The minimum absolute atomic E-state index is 0.0709. The van der Waals surface area contributed by atoms with Crippen molar-refractivity contribution in [3.8, 4) is 5.75 Å². The van der Waals surface area contributed by atoms with Gasteiger partial charge in [-0.05, 0) is 31.5 Å². The van der Waals surface area contributed by atoms with Gasteiger partial charge < -0.3 is 19.5 Å². The number of hydrogen-bond donors (Lipinski definition) is 1. The molecular formula is C16H21NO5. The van der Waals surface area contributed by atoms with Gasteiger partial charge in [0.25, 0.3) is 0 Å². The Morgan fingerprint density at radius 2 is 2.23 bits per heavy atom. The maximum Gasteiger partial charge on any atom is 0.334 e. The van der Waals surface area contributed by atoms with Crippen molar-refractivity contribution in [3.63, 3.8) is 0 Å². The highest BCUT2D eigenvalue weighted by Crippen LogP contribution is 2.16. The molecule has 0 radical (unpaired) electrons. The van der Waals surface area contributed by atoms with Gasteiger partial charge in [0.15, 0.2) is 6.10 Å². The molecule has 1 aromatic carbocycles. The van der Waals surface area contributed by atoms with E-state index >= 15 is 0 Å². The second kappa shape index (κ2) is 7.26. The molecule has 0 bridgehead atoms. The van der Waals surface area contributed by atoms with Crippen LogP contribution in [0.2, 0.25) is 0 Å². The number of carbonyl (C=O) groups excluding carboxylic acids is 1. The van der Waals surface area contributed by atoms with Gasteiger partial charge in [-0.15, -0.1) is 0 Å². The van der Waals surface area contributed by atoms with Gasteiger partial charge in [-0.3, -0.25) is 4.79 Å². The SMILES string of the molecule is CC(C)Oc1cccc(CC(=O)N2CCO[C@H](C(=O)O)C2)c1. The largest absolute Gasteiger partial charge is 0.491 e.